The molecular weight excluding hydrogens is 324 g/mol. The number of rotatable bonds is 5. The molecule has 2 aromatic rings. The van der Waals surface area contributed by atoms with Crippen LogP contribution in [0.3, 0.4) is 0 Å². The van der Waals surface area contributed by atoms with Gasteiger partial charge in [0.2, 0.25) is 0 Å². The van der Waals surface area contributed by atoms with Crippen molar-refractivity contribution in [3.63, 3.8) is 0 Å². The Morgan fingerprint density at radius 1 is 1.32 bits per heavy atom. The Morgan fingerprint density at radius 2 is 2.00 bits per heavy atom. The van der Waals surface area contributed by atoms with Crippen LogP contribution < -0.4 is 10.2 Å². The van der Waals surface area contributed by atoms with Crippen molar-refractivity contribution in [3.8, 4) is 0 Å². The minimum absolute atomic E-state index is 0. The van der Waals surface area contributed by atoms with Crippen LogP contribution >= 0.6 is 11.8 Å². The van der Waals surface area contributed by atoms with Crippen LogP contribution in [-0.2, 0) is 29.1 Å². The van der Waals surface area contributed by atoms with Gasteiger partial charge in [-0.2, -0.15) is 0 Å². The van der Waals surface area contributed by atoms with Gasteiger partial charge in [0.15, 0.2) is 5.58 Å². The Morgan fingerprint density at radius 3 is 2.58 bits per heavy atom. The van der Waals surface area contributed by atoms with Crippen LogP contribution in [-0.4, -0.2) is 22.2 Å². The van der Waals surface area contributed by atoms with Crippen molar-refractivity contribution >= 4 is 34.8 Å². The number of fused-ring (bicyclic) bond motifs is 1. The zero-order valence-corrected chi connectivity index (χ0v) is 13.5. The summed E-state index contributed by atoms with van der Waals surface area (Å²) in [5.74, 6) is -2.96. The number of nitrogens with zero attached hydrogens (tertiary/aromatic N) is 1. The smallest absolute Gasteiger partial charge is 0.550 e. The Bertz CT molecular complexity index is 567. The Kier molecular flexibility index (Phi) is 5.50. The van der Waals surface area contributed by atoms with Gasteiger partial charge in [-0.25, -0.2) is 4.98 Å². The van der Waals surface area contributed by atoms with E-state index in [0.29, 0.717) is 22.9 Å². The van der Waals surface area contributed by atoms with E-state index in [1.807, 2.05) is 0 Å². The molecule has 6 nitrogen and oxygen atoms in total. The van der Waals surface area contributed by atoms with Gasteiger partial charge in [0.1, 0.15) is 5.52 Å². The van der Waals surface area contributed by atoms with Crippen molar-refractivity contribution in [2.45, 2.75) is 16.9 Å². The number of hydrogen-bond donors (Lipinski definition) is 0. The maximum absolute atomic E-state index is 10.8. The van der Waals surface area contributed by atoms with E-state index in [-0.39, 0.29) is 24.7 Å². The van der Waals surface area contributed by atoms with E-state index in [4.69, 9.17) is 4.42 Å². The molecule has 1 aromatic heterocycles. The normalized spacial score (nSPS) is 11.8. The molecule has 0 aliphatic heterocycles. The molecule has 1 heterocycles. The SMILES string of the molecule is O=C([O-])CC(Sc1nc2ccccc2o1)C(=O)[O-].[Zn+2]. The third-order valence-corrected chi connectivity index (χ3v) is 3.15. The fraction of sp³-hybridized carbons (Fsp3) is 0.182. The van der Waals surface area contributed by atoms with Crippen LogP contribution in [0.2, 0.25) is 0 Å². The third-order valence-electron chi connectivity index (χ3n) is 2.13. The molecular formula is C11H7NO5SZn. The molecule has 1 atom stereocenters. The average Bonchev–Trinajstić information content (AvgIpc) is 2.69. The number of para-hydroxylation sites is 2. The minimum atomic E-state index is -1.49. The van der Waals surface area contributed by atoms with Gasteiger partial charge in [0, 0.05) is 12.4 Å². The van der Waals surface area contributed by atoms with E-state index in [9.17, 15) is 19.8 Å². The van der Waals surface area contributed by atoms with Gasteiger partial charge >= 0.3 is 19.5 Å². The van der Waals surface area contributed by atoms with Gasteiger partial charge in [-0.3, -0.25) is 0 Å². The fourth-order valence-corrected chi connectivity index (χ4v) is 2.20. The summed E-state index contributed by atoms with van der Waals surface area (Å²) in [4.78, 5) is 25.2. The van der Waals surface area contributed by atoms with Gasteiger partial charge in [0.25, 0.3) is 5.22 Å². The van der Waals surface area contributed by atoms with E-state index < -0.39 is 23.6 Å². The first-order valence-electron chi connectivity index (χ1n) is 4.99. The largest absolute Gasteiger partial charge is 2.00 e. The summed E-state index contributed by atoms with van der Waals surface area (Å²) >= 11 is 0.690. The van der Waals surface area contributed by atoms with E-state index in [2.05, 4.69) is 4.98 Å². The number of thioether (sulfide) groups is 1. The number of carboxylic acid groups (broad SMARTS) is 2. The Balaban J connectivity index is 0.00000180. The average molecular weight is 331 g/mol. The summed E-state index contributed by atoms with van der Waals surface area (Å²) in [5.41, 5.74) is 1.08. The van der Waals surface area contributed by atoms with Crippen LogP contribution in [0.4, 0.5) is 0 Å². The predicted molar refractivity (Wildman–Crippen MR) is 58.3 cm³/mol. The van der Waals surface area contributed by atoms with E-state index >= 15 is 0 Å². The molecule has 1 aromatic carbocycles. The van der Waals surface area contributed by atoms with Crippen molar-refractivity contribution in [1.82, 2.24) is 4.98 Å². The molecule has 1 unspecified atom stereocenters. The van der Waals surface area contributed by atoms with Gasteiger partial charge in [-0.05, 0) is 12.1 Å². The minimum Gasteiger partial charge on any atom is -0.550 e. The maximum Gasteiger partial charge on any atom is 2.00 e. The zero-order valence-electron chi connectivity index (χ0n) is 9.70. The van der Waals surface area contributed by atoms with Crippen LogP contribution in [0.1, 0.15) is 6.42 Å². The van der Waals surface area contributed by atoms with Crippen LogP contribution in [0.25, 0.3) is 11.1 Å². The van der Waals surface area contributed by atoms with E-state index in [1.165, 1.54) is 0 Å². The summed E-state index contributed by atoms with van der Waals surface area (Å²) in [6.45, 7) is 0. The molecule has 19 heavy (non-hydrogen) atoms. The summed E-state index contributed by atoms with van der Waals surface area (Å²) in [6.07, 6.45) is -0.661. The summed E-state index contributed by atoms with van der Waals surface area (Å²) in [7, 11) is 0. The van der Waals surface area contributed by atoms with Crippen LogP contribution in [0, 0.1) is 0 Å². The molecule has 0 amide bonds. The monoisotopic (exact) mass is 329 g/mol. The second kappa shape index (κ2) is 6.68. The standard InChI is InChI=1S/C11H9NO5S.Zn/c13-9(14)5-8(10(15)16)18-11-12-6-3-1-2-4-7(6)17-11;/h1-4,8H,5H2,(H,13,14)(H,15,16);/q;+2/p-2. The molecule has 0 aliphatic carbocycles. The second-order valence-corrected chi connectivity index (χ2v) is 4.60. The van der Waals surface area contributed by atoms with Crippen LogP contribution in [0.5, 0.6) is 0 Å². The van der Waals surface area contributed by atoms with Crippen molar-refractivity contribution < 1.29 is 43.7 Å². The Hall–Kier alpha value is -1.40. The second-order valence-electron chi connectivity index (χ2n) is 3.45. The van der Waals surface area contributed by atoms with Gasteiger partial charge in [0.05, 0.1) is 11.2 Å². The molecule has 0 spiro atoms. The van der Waals surface area contributed by atoms with Crippen LogP contribution in [0.15, 0.2) is 33.9 Å². The molecule has 0 saturated carbocycles. The molecule has 2 rings (SSSR count). The molecule has 0 radical (unpaired) electrons. The summed E-state index contributed by atoms with van der Waals surface area (Å²) in [6, 6.07) is 6.89. The number of hydrogen-bond acceptors (Lipinski definition) is 7. The topological polar surface area (TPSA) is 106 Å². The van der Waals surface area contributed by atoms with Crippen molar-refractivity contribution in [1.29, 1.82) is 0 Å². The number of benzene rings is 1. The van der Waals surface area contributed by atoms with Crippen molar-refractivity contribution in [2.75, 3.05) is 0 Å². The Labute approximate surface area is 125 Å². The molecule has 0 saturated heterocycles. The predicted octanol–water partition coefficient (Wildman–Crippen LogP) is -0.824. The fourth-order valence-electron chi connectivity index (χ4n) is 1.35. The first-order chi connectivity index (χ1) is 8.56. The first-order valence-corrected chi connectivity index (χ1v) is 5.87. The maximum atomic E-state index is 10.8. The molecule has 0 bridgehead atoms. The first kappa shape index (κ1) is 15.7. The van der Waals surface area contributed by atoms with E-state index in [0.717, 1.165) is 0 Å². The number of carboxylic acids is 2. The van der Waals surface area contributed by atoms with E-state index in [1.54, 1.807) is 24.3 Å². The van der Waals surface area contributed by atoms with Gasteiger partial charge < -0.3 is 24.2 Å². The quantitative estimate of drug-likeness (QED) is 0.520. The number of carbonyl (C=O) groups excluding carboxylic acids is 2. The molecule has 0 aliphatic rings. The molecule has 0 fully saturated rings. The molecule has 8 heteroatoms. The van der Waals surface area contributed by atoms with Crippen molar-refractivity contribution in [2.24, 2.45) is 0 Å². The molecule has 0 N–H and O–H groups in total. The summed E-state index contributed by atoms with van der Waals surface area (Å²) in [5, 5.41) is 20.0. The van der Waals surface area contributed by atoms with Gasteiger partial charge in [-0.1, -0.05) is 23.9 Å². The number of aliphatic carboxylic acids is 2. The van der Waals surface area contributed by atoms with Crippen molar-refractivity contribution in [3.05, 3.63) is 24.3 Å². The zero-order chi connectivity index (χ0) is 13.1. The molecule has 94 valence electrons. The number of aromatic nitrogens is 1. The van der Waals surface area contributed by atoms with Gasteiger partial charge in [-0.15, -0.1) is 0 Å². The third kappa shape index (κ3) is 4.04. The summed E-state index contributed by atoms with van der Waals surface area (Å²) < 4.78 is 5.28. The number of oxazole rings is 1. The number of carbonyl (C=O) groups is 2.